The number of halogens is 2. The average Bonchev–Trinajstić information content (AvgIpc) is 2.70. The predicted molar refractivity (Wildman–Crippen MR) is 112 cm³/mol. The normalized spacial score (nSPS) is 11.6. The molecule has 2 amide bonds. The summed E-state index contributed by atoms with van der Waals surface area (Å²) in [4.78, 5) is 26.5. The molecule has 0 fully saturated rings. The van der Waals surface area contributed by atoms with Crippen LogP contribution >= 0.6 is 23.2 Å². The van der Waals surface area contributed by atoms with E-state index in [0.29, 0.717) is 28.8 Å². The van der Waals surface area contributed by atoms with Gasteiger partial charge in [-0.2, -0.15) is 0 Å². The van der Waals surface area contributed by atoms with Crippen molar-refractivity contribution in [1.29, 1.82) is 0 Å². The Labute approximate surface area is 175 Å². The summed E-state index contributed by atoms with van der Waals surface area (Å²) in [5, 5.41) is 3.80. The number of hydrogen-bond acceptors (Lipinski definition) is 3. The molecule has 1 N–H and O–H groups in total. The minimum Gasteiger partial charge on any atom is -0.494 e. The van der Waals surface area contributed by atoms with Crippen molar-refractivity contribution in [2.24, 2.45) is 0 Å². The van der Waals surface area contributed by atoms with Gasteiger partial charge in [-0.25, -0.2) is 0 Å². The Morgan fingerprint density at radius 1 is 1.11 bits per heavy atom. The first-order valence-electron chi connectivity index (χ1n) is 9.05. The molecule has 1 atom stereocenters. The lowest BCUT2D eigenvalue weighted by atomic mass is 10.1. The fourth-order valence-electron chi connectivity index (χ4n) is 2.69. The molecule has 5 nitrogen and oxygen atoms in total. The molecule has 2 aromatic carbocycles. The van der Waals surface area contributed by atoms with E-state index < -0.39 is 6.04 Å². The van der Waals surface area contributed by atoms with E-state index in [1.807, 2.05) is 18.2 Å². The number of hydrogen-bond donors (Lipinski definition) is 1. The molecule has 7 heteroatoms. The second-order valence-corrected chi connectivity index (χ2v) is 7.15. The minimum absolute atomic E-state index is 0.129. The van der Waals surface area contributed by atoms with E-state index in [1.54, 1.807) is 49.2 Å². The van der Waals surface area contributed by atoms with Crippen LogP contribution in [0.1, 0.15) is 25.3 Å². The second kappa shape index (κ2) is 10.9. The predicted octanol–water partition coefficient (Wildman–Crippen LogP) is 4.32. The Bertz CT molecular complexity index is 796. The van der Waals surface area contributed by atoms with Gasteiger partial charge in [-0.15, -0.1) is 0 Å². The number of benzene rings is 2. The van der Waals surface area contributed by atoms with E-state index >= 15 is 0 Å². The summed E-state index contributed by atoms with van der Waals surface area (Å²) in [5.74, 6) is 0.344. The molecule has 0 aromatic heterocycles. The molecule has 0 spiro atoms. The molecule has 2 rings (SSSR count). The molecule has 0 aliphatic carbocycles. The molecule has 150 valence electrons. The number of likely N-dealkylation sites (N-methyl/N-ethyl adjacent to an activating group) is 1. The topological polar surface area (TPSA) is 58.6 Å². The van der Waals surface area contributed by atoms with Gasteiger partial charge in [0.25, 0.3) is 0 Å². The Morgan fingerprint density at radius 3 is 2.43 bits per heavy atom. The Kier molecular flexibility index (Phi) is 8.61. The van der Waals surface area contributed by atoms with Gasteiger partial charge in [-0.3, -0.25) is 9.59 Å². The zero-order chi connectivity index (χ0) is 20.5. The maximum absolute atomic E-state index is 12.8. The van der Waals surface area contributed by atoms with E-state index in [4.69, 9.17) is 27.9 Å². The zero-order valence-corrected chi connectivity index (χ0v) is 17.5. The first-order chi connectivity index (χ1) is 13.4. The maximum atomic E-state index is 12.8. The number of carbonyl (C=O) groups excluding carboxylic acids is 2. The summed E-state index contributed by atoms with van der Waals surface area (Å²) in [6, 6.07) is 13.8. The van der Waals surface area contributed by atoms with Crippen LogP contribution in [0, 0.1) is 0 Å². The van der Waals surface area contributed by atoms with Crippen LogP contribution in [-0.4, -0.2) is 36.4 Å². The van der Waals surface area contributed by atoms with Crippen molar-refractivity contribution in [3.8, 4) is 5.75 Å². The van der Waals surface area contributed by atoms with Crippen molar-refractivity contribution in [1.82, 2.24) is 10.2 Å². The van der Waals surface area contributed by atoms with Crippen LogP contribution in [0.25, 0.3) is 0 Å². The van der Waals surface area contributed by atoms with Crippen LogP contribution in [0.2, 0.25) is 10.0 Å². The van der Waals surface area contributed by atoms with Crippen LogP contribution < -0.4 is 10.1 Å². The van der Waals surface area contributed by atoms with Crippen LogP contribution in [0.4, 0.5) is 0 Å². The van der Waals surface area contributed by atoms with Gasteiger partial charge in [0, 0.05) is 30.1 Å². The highest BCUT2D eigenvalue weighted by atomic mass is 35.5. The molecule has 2 aromatic rings. The van der Waals surface area contributed by atoms with Crippen LogP contribution in [-0.2, 0) is 16.1 Å². The quantitative estimate of drug-likeness (QED) is 0.612. The lowest BCUT2D eigenvalue weighted by Gasteiger charge is -2.28. The van der Waals surface area contributed by atoms with Crippen molar-refractivity contribution < 1.29 is 14.3 Å². The first-order valence-corrected chi connectivity index (χ1v) is 9.80. The molecule has 0 aliphatic rings. The highest BCUT2D eigenvalue weighted by molar-refractivity contribution is 6.31. The molecular formula is C21H24Cl2N2O3. The molecule has 0 saturated carbocycles. The Balaban J connectivity index is 1.97. The molecule has 28 heavy (non-hydrogen) atoms. The minimum atomic E-state index is -0.606. The van der Waals surface area contributed by atoms with Crippen molar-refractivity contribution in [3.63, 3.8) is 0 Å². The van der Waals surface area contributed by atoms with Gasteiger partial charge >= 0.3 is 0 Å². The molecular weight excluding hydrogens is 399 g/mol. The molecule has 1 unspecified atom stereocenters. The average molecular weight is 423 g/mol. The van der Waals surface area contributed by atoms with Crippen molar-refractivity contribution in [2.45, 2.75) is 32.4 Å². The number of amides is 2. The third-order valence-electron chi connectivity index (χ3n) is 4.33. The summed E-state index contributed by atoms with van der Waals surface area (Å²) in [6.07, 6.45) is 0.792. The first kappa shape index (κ1) is 22.1. The van der Waals surface area contributed by atoms with Crippen LogP contribution in [0.5, 0.6) is 5.75 Å². The maximum Gasteiger partial charge on any atom is 0.242 e. The van der Waals surface area contributed by atoms with Gasteiger partial charge in [0.2, 0.25) is 11.8 Å². The van der Waals surface area contributed by atoms with Crippen molar-refractivity contribution in [2.75, 3.05) is 13.7 Å². The van der Waals surface area contributed by atoms with Crippen molar-refractivity contribution in [3.05, 3.63) is 64.1 Å². The van der Waals surface area contributed by atoms with Gasteiger partial charge < -0.3 is 15.0 Å². The summed E-state index contributed by atoms with van der Waals surface area (Å²) in [5.41, 5.74) is 0.797. The highest BCUT2D eigenvalue weighted by Gasteiger charge is 2.25. The highest BCUT2D eigenvalue weighted by Crippen LogP contribution is 2.20. The summed E-state index contributed by atoms with van der Waals surface area (Å²) in [7, 11) is 1.55. The van der Waals surface area contributed by atoms with E-state index in [2.05, 4.69) is 5.32 Å². The van der Waals surface area contributed by atoms with Crippen LogP contribution in [0.3, 0.4) is 0 Å². The van der Waals surface area contributed by atoms with Gasteiger partial charge in [-0.05, 0) is 49.2 Å². The summed E-state index contributed by atoms with van der Waals surface area (Å²) < 4.78 is 5.63. The Morgan fingerprint density at radius 2 is 1.79 bits per heavy atom. The largest absolute Gasteiger partial charge is 0.494 e. The fraction of sp³-hybridized carbons (Fsp3) is 0.333. The number of carbonyl (C=O) groups is 2. The number of rotatable bonds is 9. The number of nitrogens with zero attached hydrogens (tertiary/aromatic N) is 1. The fourth-order valence-corrected chi connectivity index (χ4v) is 3.01. The third kappa shape index (κ3) is 6.43. The molecule has 0 radical (unpaired) electrons. The monoisotopic (exact) mass is 422 g/mol. The second-order valence-electron chi connectivity index (χ2n) is 6.31. The standard InChI is InChI=1S/C21H24Cl2N2O3/c1-15(21(27)24-2)25(14-16-6-3-4-7-19(16)23)20(26)8-5-13-28-18-11-9-17(22)10-12-18/h3-4,6-7,9-12,15H,5,8,13-14H2,1-2H3,(H,24,27). The van der Waals surface area contributed by atoms with Gasteiger partial charge in [0.05, 0.1) is 6.61 Å². The summed E-state index contributed by atoms with van der Waals surface area (Å²) in [6.45, 7) is 2.37. The van der Waals surface area contributed by atoms with E-state index in [-0.39, 0.29) is 24.8 Å². The lowest BCUT2D eigenvalue weighted by molar-refractivity contribution is -0.140. The van der Waals surface area contributed by atoms with E-state index in [1.165, 1.54) is 0 Å². The third-order valence-corrected chi connectivity index (χ3v) is 4.95. The van der Waals surface area contributed by atoms with Crippen molar-refractivity contribution >= 4 is 35.0 Å². The lowest BCUT2D eigenvalue weighted by Crippen LogP contribution is -2.46. The van der Waals surface area contributed by atoms with Gasteiger partial charge in [0.15, 0.2) is 0 Å². The van der Waals surface area contributed by atoms with E-state index in [9.17, 15) is 9.59 Å². The molecule has 0 aliphatic heterocycles. The Hall–Kier alpha value is -2.24. The van der Waals surface area contributed by atoms with Gasteiger partial charge in [-0.1, -0.05) is 41.4 Å². The summed E-state index contributed by atoms with van der Waals surface area (Å²) >= 11 is 12.1. The molecule has 0 bridgehead atoms. The number of nitrogens with one attached hydrogen (secondary N) is 1. The van der Waals surface area contributed by atoms with Gasteiger partial charge in [0.1, 0.15) is 11.8 Å². The van der Waals surface area contributed by atoms with E-state index in [0.717, 1.165) is 5.56 Å². The zero-order valence-electron chi connectivity index (χ0n) is 16.0. The van der Waals surface area contributed by atoms with Crippen LogP contribution in [0.15, 0.2) is 48.5 Å². The smallest absolute Gasteiger partial charge is 0.242 e. The molecule has 0 heterocycles. The molecule has 0 saturated heterocycles. The SMILES string of the molecule is CNC(=O)C(C)N(Cc1ccccc1Cl)C(=O)CCCOc1ccc(Cl)cc1. The number of ether oxygens (including phenoxy) is 1.